The minimum absolute atomic E-state index is 0.0128. The summed E-state index contributed by atoms with van der Waals surface area (Å²) in [5.74, 6) is 0.828. The highest BCUT2D eigenvalue weighted by atomic mass is 32.2. The van der Waals surface area contributed by atoms with E-state index in [4.69, 9.17) is 22.1 Å². The predicted octanol–water partition coefficient (Wildman–Crippen LogP) is 2.90. The summed E-state index contributed by atoms with van der Waals surface area (Å²) in [6.07, 6.45) is 3.68. The number of anilines is 1. The molecule has 0 atom stereocenters. The number of aromatic nitrogens is 2. The highest BCUT2D eigenvalue weighted by molar-refractivity contribution is 8.26. The molecule has 0 saturated carbocycles. The lowest BCUT2D eigenvalue weighted by molar-refractivity contribution is -0.122. The van der Waals surface area contributed by atoms with Gasteiger partial charge in [0, 0.05) is 19.3 Å². The molecule has 1 saturated heterocycles. The topological polar surface area (TPSA) is 96.2 Å². The van der Waals surface area contributed by atoms with E-state index in [2.05, 4.69) is 10.3 Å². The normalized spacial score (nSPS) is 15.0. The SMILES string of the molecule is COc1ccc(CN2C(=O)C(=Cc3c(NCCCO)nc4ccccn4c3=O)SC2=S)cc1. The van der Waals surface area contributed by atoms with Gasteiger partial charge in [0.2, 0.25) is 0 Å². The summed E-state index contributed by atoms with van der Waals surface area (Å²) in [6.45, 7) is 0.771. The van der Waals surface area contributed by atoms with Crippen molar-refractivity contribution in [2.45, 2.75) is 13.0 Å². The average molecular weight is 483 g/mol. The minimum Gasteiger partial charge on any atom is -0.497 e. The Labute approximate surface area is 199 Å². The Morgan fingerprint density at radius 1 is 1.21 bits per heavy atom. The summed E-state index contributed by atoms with van der Waals surface area (Å²) < 4.78 is 7.03. The number of carbonyl (C=O) groups excluding carboxylic acids is 1. The van der Waals surface area contributed by atoms with Crippen molar-refractivity contribution in [1.82, 2.24) is 14.3 Å². The summed E-state index contributed by atoms with van der Waals surface area (Å²) in [6, 6.07) is 12.7. The number of aliphatic hydroxyl groups is 1. The van der Waals surface area contributed by atoms with Crippen LogP contribution in [-0.2, 0) is 11.3 Å². The number of thiocarbonyl (C=S) groups is 1. The number of nitrogens with zero attached hydrogens (tertiary/aromatic N) is 3. The Morgan fingerprint density at radius 2 is 2.00 bits per heavy atom. The van der Waals surface area contributed by atoms with Gasteiger partial charge in [0.05, 0.1) is 24.1 Å². The van der Waals surface area contributed by atoms with Gasteiger partial charge in [0.25, 0.3) is 11.5 Å². The van der Waals surface area contributed by atoms with Crippen LogP contribution in [0.2, 0.25) is 0 Å². The molecule has 1 fully saturated rings. The molecular formula is C23H22N4O4S2. The lowest BCUT2D eigenvalue weighted by atomic mass is 10.2. The number of rotatable bonds is 8. The Kier molecular flexibility index (Phi) is 7.07. The van der Waals surface area contributed by atoms with E-state index in [1.54, 1.807) is 37.6 Å². The Morgan fingerprint density at radius 3 is 2.73 bits per heavy atom. The van der Waals surface area contributed by atoms with Crippen molar-refractivity contribution in [3.8, 4) is 5.75 Å². The molecule has 0 radical (unpaired) electrons. The second-order valence-corrected chi connectivity index (χ2v) is 8.90. The van der Waals surface area contributed by atoms with E-state index in [0.717, 1.165) is 23.1 Å². The number of aliphatic hydroxyl groups excluding tert-OH is 1. The summed E-state index contributed by atoms with van der Waals surface area (Å²) in [7, 11) is 1.60. The van der Waals surface area contributed by atoms with Crippen molar-refractivity contribution in [1.29, 1.82) is 0 Å². The second kappa shape index (κ2) is 10.2. The molecular weight excluding hydrogens is 460 g/mol. The average Bonchev–Trinajstić information content (AvgIpc) is 3.09. The molecule has 4 rings (SSSR count). The number of ether oxygens (including phenoxy) is 1. The minimum atomic E-state index is -0.299. The van der Waals surface area contributed by atoms with Crippen LogP contribution in [0.3, 0.4) is 0 Å². The van der Waals surface area contributed by atoms with Crippen molar-refractivity contribution in [3.05, 3.63) is 75.0 Å². The quantitative estimate of drug-likeness (QED) is 0.288. The molecule has 1 aromatic carbocycles. The number of benzene rings is 1. The predicted molar refractivity (Wildman–Crippen MR) is 133 cm³/mol. The van der Waals surface area contributed by atoms with Gasteiger partial charge in [0.15, 0.2) is 0 Å². The van der Waals surface area contributed by atoms with Gasteiger partial charge in [-0.1, -0.05) is 42.2 Å². The van der Waals surface area contributed by atoms with Gasteiger partial charge >= 0.3 is 0 Å². The number of methoxy groups -OCH3 is 1. The fraction of sp³-hybridized carbons (Fsp3) is 0.217. The molecule has 2 N–H and O–H groups in total. The lowest BCUT2D eigenvalue weighted by Gasteiger charge is -2.14. The zero-order valence-electron chi connectivity index (χ0n) is 17.9. The van der Waals surface area contributed by atoms with Gasteiger partial charge in [-0.25, -0.2) is 4.98 Å². The Hall–Kier alpha value is -3.21. The first-order chi connectivity index (χ1) is 16.0. The molecule has 3 aromatic rings. The Bertz CT molecular complexity index is 1290. The van der Waals surface area contributed by atoms with Crippen LogP contribution in [0.15, 0.2) is 58.4 Å². The van der Waals surface area contributed by atoms with Crippen LogP contribution in [0, 0.1) is 0 Å². The fourth-order valence-electron chi connectivity index (χ4n) is 3.33. The van der Waals surface area contributed by atoms with Crippen molar-refractivity contribution in [3.63, 3.8) is 0 Å². The van der Waals surface area contributed by atoms with E-state index in [1.807, 2.05) is 24.3 Å². The van der Waals surface area contributed by atoms with E-state index >= 15 is 0 Å². The number of hydrogen-bond donors (Lipinski definition) is 2. The molecule has 2 aromatic heterocycles. The smallest absolute Gasteiger partial charge is 0.267 e. The first-order valence-electron chi connectivity index (χ1n) is 10.3. The number of nitrogens with one attached hydrogen (secondary N) is 1. The van der Waals surface area contributed by atoms with Crippen LogP contribution < -0.4 is 15.6 Å². The molecule has 170 valence electrons. The number of thioether (sulfide) groups is 1. The maximum atomic E-state index is 13.2. The van der Waals surface area contributed by atoms with E-state index in [0.29, 0.717) is 40.2 Å². The largest absolute Gasteiger partial charge is 0.497 e. The van der Waals surface area contributed by atoms with Gasteiger partial charge in [0.1, 0.15) is 21.5 Å². The van der Waals surface area contributed by atoms with Gasteiger partial charge in [-0.3, -0.25) is 18.9 Å². The molecule has 10 heteroatoms. The van der Waals surface area contributed by atoms with Crippen LogP contribution in [0.4, 0.5) is 5.82 Å². The first kappa shape index (κ1) is 23.0. The lowest BCUT2D eigenvalue weighted by Crippen LogP contribution is -2.27. The van der Waals surface area contributed by atoms with Crippen LogP contribution in [0.25, 0.3) is 11.7 Å². The number of amides is 1. The summed E-state index contributed by atoms with van der Waals surface area (Å²) in [4.78, 5) is 32.7. The van der Waals surface area contributed by atoms with Gasteiger partial charge < -0.3 is 15.2 Å². The van der Waals surface area contributed by atoms with Gasteiger partial charge in [-0.05, 0) is 42.3 Å². The molecule has 8 nitrogen and oxygen atoms in total. The van der Waals surface area contributed by atoms with Gasteiger partial charge in [-0.15, -0.1) is 0 Å². The van der Waals surface area contributed by atoms with Gasteiger partial charge in [-0.2, -0.15) is 0 Å². The van der Waals surface area contributed by atoms with E-state index in [9.17, 15) is 9.59 Å². The Balaban J connectivity index is 1.67. The van der Waals surface area contributed by atoms with Crippen LogP contribution in [-0.4, -0.2) is 49.9 Å². The molecule has 0 aliphatic carbocycles. The van der Waals surface area contributed by atoms with Crippen LogP contribution in [0.5, 0.6) is 5.75 Å². The summed E-state index contributed by atoms with van der Waals surface area (Å²) >= 11 is 6.60. The molecule has 0 bridgehead atoms. The molecule has 1 aliphatic rings. The molecule has 33 heavy (non-hydrogen) atoms. The highest BCUT2D eigenvalue weighted by Gasteiger charge is 2.32. The van der Waals surface area contributed by atoms with Crippen molar-refractivity contribution in [2.75, 3.05) is 25.6 Å². The van der Waals surface area contributed by atoms with Crippen molar-refractivity contribution in [2.24, 2.45) is 0 Å². The molecule has 1 amide bonds. The summed E-state index contributed by atoms with van der Waals surface area (Å²) in [5, 5.41) is 12.2. The maximum Gasteiger partial charge on any atom is 0.267 e. The number of hydrogen-bond acceptors (Lipinski definition) is 8. The second-order valence-electron chi connectivity index (χ2n) is 7.23. The highest BCUT2D eigenvalue weighted by Crippen LogP contribution is 2.34. The molecule has 1 aliphatic heterocycles. The maximum absolute atomic E-state index is 13.2. The first-order valence-corrected chi connectivity index (χ1v) is 11.5. The van der Waals surface area contributed by atoms with Crippen molar-refractivity contribution >= 4 is 51.7 Å². The fourth-order valence-corrected chi connectivity index (χ4v) is 4.57. The van der Waals surface area contributed by atoms with Crippen LogP contribution in [0.1, 0.15) is 17.5 Å². The number of carbonyl (C=O) groups is 1. The molecule has 3 heterocycles. The van der Waals surface area contributed by atoms with E-state index in [1.165, 1.54) is 9.30 Å². The zero-order chi connectivity index (χ0) is 23.4. The van der Waals surface area contributed by atoms with E-state index < -0.39 is 0 Å². The third-order valence-corrected chi connectivity index (χ3v) is 6.42. The zero-order valence-corrected chi connectivity index (χ0v) is 19.5. The van der Waals surface area contributed by atoms with E-state index in [-0.39, 0.29) is 23.6 Å². The number of fused-ring (bicyclic) bond motifs is 1. The third-order valence-electron chi connectivity index (χ3n) is 5.05. The third kappa shape index (κ3) is 4.92. The monoisotopic (exact) mass is 482 g/mol. The summed E-state index contributed by atoms with van der Waals surface area (Å²) in [5.41, 5.74) is 1.36. The standard InChI is InChI=1S/C23H22N4O4S2/c1-31-16-8-6-15(7-9-16)14-27-22(30)18(33-23(27)32)13-17-20(24-10-4-12-28)25-19-5-2-3-11-26(19)21(17)29/h2-3,5-9,11,13,24,28H,4,10,12,14H2,1H3. The van der Waals surface area contributed by atoms with Crippen molar-refractivity contribution < 1.29 is 14.6 Å². The number of pyridine rings is 1. The molecule has 0 unspecified atom stereocenters. The molecule has 0 spiro atoms. The van der Waals surface area contributed by atoms with Crippen LogP contribution >= 0.6 is 24.0 Å².